The van der Waals surface area contributed by atoms with Crippen LogP contribution in [0, 0.1) is 0 Å². The van der Waals surface area contributed by atoms with Crippen molar-refractivity contribution in [1.82, 2.24) is 4.72 Å². The van der Waals surface area contributed by atoms with Gasteiger partial charge in [0.05, 0.1) is 15.5 Å². The molecule has 0 saturated carbocycles. The van der Waals surface area contributed by atoms with Gasteiger partial charge in [-0.3, -0.25) is 4.79 Å². The fourth-order valence-corrected chi connectivity index (χ4v) is 3.84. The zero-order valence-corrected chi connectivity index (χ0v) is 15.9. The van der Waals surface area contributed by atoms with Gasteiger partial charge >= 0.3 is 0 Å². The van der Waals surface area contributed by atoms with E-state index in [9.17, 15) is 13.2 Å². The SMILES string of the molecule is CCc1ccccc1NC(=O)c1cc(S(=O)(=O)NC(C)C)ccc1Cl. The van der Waals surface area contributed by atoms with Crippen molar-refractivity contribution in [2.75, 3.05) is 5.32 Å². The molecule has 5 nitrogen and oxygen atoms in total. The lowest BCUT2D eigenvalue weighted by atomic mass is 10.1. The average Bonchev–Trinajstić information content (AvgIpc) is 2.54. The van der Waals surface area contributed by atoms with Gasteiger partial charge in [-0.05, 0) is 50.1 Å². The van der Waals surface area contributed by atoms with Crippen molar-refractivity contribution >= 4 is 33.2 Å². The Hall–Kier alpha value is -1.89. The van der Waals surface area contributed by atoms with Crippen LogP contribution in [0.1, 0.15) is 36.7 Å². The van der Waals surface area contributed by atoms with Gasteiger partial charge in [-0.2, -0.15) is 0 Å². The molecule has 0 aliphatic heterocycles. The Balaban J connectivity index is 2.35. The number of hydrogen-bond acceptors (Lipinski definition) is 3. The topological polar surface area (TPSA) is 75.3 Å². The molecule has 0 heterocycles. The van der Waals surface area contributed by atoms with Crippen LogP contribution < -0.4 is 10.0 Å². The van der Waals surface area contributed by atoms with Crippen LogP contribution in [-0.2, 0) is 16.4 Å². The molecule has 0 aliphatic carbocycles. The molecule has 0 spiro atoms. The summed E-state index contributed by atoms with van der Waals surface area (Å²) in [5, 5.41) is 2.99. The van der Waals surface area contributed by atoms with E-state index < -0.39 is 15.9 Å². The van der Waals surface area contributed by atoms with E-state index in [1.165, 1.54) is 18.2 Å². The van der Waals surface area contributed by atoms with Gasteiger partial charge in [0.1, 0.15) is 0 Å². The molecule has 0 atom stereocenters. The fourth-order valence-electron chi connectivity index (χ4n) is 2.36. The molecular weight excluding hydrogens is 360 g/mol. The van der Waals surface area contributed by atoms with Crippen LogP contribution in [-0.4, -0.2) is 20.4 Å². The van der Waals surface area contributed by atoms with Gasteiger partial charge in [0.2, 0.25) is 10.0 Å². The Morgan fingerprint density at radius 1 is 1.16 bits per heavy atom. The van der Waals surface area contributed by atoms with E-state index in [2.05, 4.69) is 10.0 Å². The van der Waals surface area contributed by atoms with E-state index in [1.807, 2.05) is 25.1 Å². The Bertz CT molecular complexity index is 880. The first-order valence-corrected chi connectivity index (χ1v) is 9.82. The molecule has 2 rings (SSSR count). The summed E-state index contributed by atoms with van der Waals surface area (Å²) in [6.07, 6.45) is 0.761. The maximum absolute atomic E-state index is 12.6. The number of carbonyl (C=O) groups is 1. The predicted molar refractivity (Wildman–Crippen MR) is 101 cm³/mol. The second-order valence-electron chi connectivity index (χ2n) is 5.88. The molecule has 134 valence electrons. The summed E-state index contributed by atoms with van der Waals surface area (Å²) in [4.78, 5) is 12.6. The first kappa shape index (κ1) is 19.4. The Kier molecular flexibility index (Phi) is 6.21. The molecule has 2 N–H and O–H groups in total. The van der Waals surface area contributed by atoms with E-state index in [0.29, 0.717) is 5.69 Å². The van der Waals surface area contributed by atoms with Crippen molar-refractivity contribution in [1.29, 1.82) is 0 Å². The molecule has 25 heavy (non-hydrogen) atoms. The van der Waals surface area contributed by atoms with Gasteiger partial charge in [0.15, 0.2) is 0 Å². The molecule has 7 heteroatoms. The molecule has 2 aromatic carbocycles. The summed E-state index contributed by atoms with van der Waals surface area (Å²) in [6.45, 7) is 5.44. The van der Waals surface area contributed by atoms with E-state index in [4.69, 9.17) is 11.6 Å². The summed E-state index contributed by atoms with van der Waals surface area (Å²) in [5.41, 5.74) is 1.77. The molecular formula is C18H21ClN2O3S. The molecule has 2 aromatic rings. The number of carbonyl (C=O) groups excluding carboxylic acids is 1. The fraction of sp³-hybridized carbons (Fsp3) is 0.278. The van der Waals surface area contributed by atoms with Gasteiger partial charge in [-0.1, -0.05) is 36.7 Å². The molecule has 0 saturated heterocycles. The normalized spacial score (nSPS) is 11.6. The van der Waals surface area contributed by atoms with Crippen LogP contribution in [0.5, 0.6) is 0 Å². The quantitative estimate of drug-likeness (QED) is 0.799. The number of nitrogens with one attached hydrogen (secondary N) is 2. The van der Waals surface area contributed by atoms with Gasteiger partial charge in [-0.25, -0.2) is 13.1 Å². The number of benzene rings is 2. The van der Waals surface area contributed by atoms with Gasteiger partial charge < -0.3 is 5.32 Å². The molecule has 0 aliphatic rings. The lowest BCUT2D eigenvalue weighted by molar-refractivity contribution is 0.102. The minimum atomic E-state index is -3.71. The minimum absolute atomic E-state index is 0.000438. The summed E-state index contributed by atoms with van der Waals surface area (Å²) in [5.74, 6) is -0.451. The Morgan fingerprint density at radius 2 is 1.84 bits per heavy atom. The second kappa shape index (κ2) is 7.99. The van der Waals surface area contributed by atoms with Crippen LogP contribution in [0.2, 0.25) is 5.02 Å². The number of halogens is 1. The third kappa shape index (κ3) is 4.81. The van der Waals surface area contributed by atoms with Gasteiger partial charge in [0, 0.05) is 11.7 Å². The van der Waals surface area contributed by atoms with E-state index in [0.717, 1.165) is 12.0 Å². The van der Waals surface area contributed by atoms with Crippen molar-refractivity contribution in [2.45, 2.75) is 38.1 Å². The Morgan fingerprint density at radius 3 is 2.48 bits per heavy atom. The standard InChI is InChI=1S/C18H21ClN2O3S/c1-4-13-7-5-6-8-17(13)20-18(22)15-11-14(9-10-16(15)19)25(23,24)21-12(2)3/h5-12,21H,4H2,1-3H3,(H,20,22). The molecule has 0 bridgehead atoms. The summed E-state index contributed by atoms with van der Waals surface area (Å²) < 4.78 is 27.1. The largest absolute Gasteiger partial charge is 0.322 e. The molecule has 0 aromatic heterocycles. The number of sulfonamides is 1. The minimum Gasteiger partial charge on any atom is -0.322 e. The first-order valence-electron chi connectivity index (χ1n) is 7.95. The van der Waals surface area contributed by atoms with Crippen LogP contribution in [0.25, 0.3) is 0 Å². The van der Waals surface area contributed by atoms with E-state index in [1.54, 1.807) is 19.9 Å². The average molecular weight is 381 g/mol. The third-order valence-corrected chi connectivity index (χ3v) is 5.52. The smallest absolute Gasteiger partial charge is 0.257 e. The highest BCUT2D eigenvalue weighted by atomic mass is 35.5. The highest BCUT2D eigenvalue weighted by molar-refractivity contribution is 7.89. The van der Waals surface area contributed by atoms with Crippen LogP contribution in [0.4, 0.5) is 5.69 Å². The molecule has 0 radical (unpaired) electrons. The van der Waals surface area contributed by atoms with Crippen molar-refractivity contribution < 1.29 is 13.2 Å². The van der Waals surface area contributed by atoms with Crippen LogP contribution in [0.15, 0.2) is 47.4 Å². The lowest BCUT2D eigenvalue weighted by Gasteiger charge is -2.13. The zero-order chi connectivity index (χ0) is 18.6. The summed E-state index contributed by atoms with van der Waals surface area (Å²) >= 11 is 6.11. The van der Waals surface area contributed by atoms with Crippen molar-refractivity contribution in [2.24, 2.45) is 0 Å². The van der Waals surface area contributed by atoms with Crippen molar-refractivity contribution in [3.8, 4) is 0 Å². The summed E-state index contributed by atoms with van der Waals surface area (Å²) in [6, 6.07) is 11.3. The number of aryl methyl sites for hydroxylation is 1. The van der Waals surface area contributed by atoms with E-state index >= 15 is 0 Å². The zero-order valence-electron chi connectivity index (χ0n) is 14.3. The molecule has 0 unspecified atom stereocenters. The lowest BCUT2D eigenvalue weighted by Crippen LogP contribution is -2.30. The monoisotopic (exact) mass is 380 g/mol. The van der Waals surface area contributed by atoms with Crippen molar-refractivity contribution in [3.63, 3.8) is 0 Å². The predicted octanol–water partition coefficient (Wildman–Crippen LogP) is 3.84. The molecule has 0 fully saturated rings. The Labute approximate surface area is 153 Å². The number of hydrogen-bond donors (Lipinski definition) is 2. The number of para-hydroxylation sites is 1. The van der Waals surface area contributed by atoms with Gasteiger partial charge in [0.25, 0.3) is 5.91 Å². The maximum Gasteiger partial charge on any atom is 0.257 e. The third-order valence-electron chi connectivity index (χ3n) is 3.53. The first-order chi connectivity index (χ1) is 11.7. The van der Waals surface area contributed by atoms with E-state index in [-0.39, 0.29) is 21.5 Å². The van der Waals surface area contributed by atoms with Crippen molar-refractivity contribution in [3.05, 3.63) is 58.6 Å². The van der Waals surface area contributed by atoms with Crippen LogP contribution in [0.3, 0.4) is 0 Å². The van der Waals surface area contributed by atoms with Crippen LogP contribution >= 0.6 is 11.6 Å². The van der Waals surface area contributed by atoms with Gasteiger partial charge in [-0.15, -0.1) is 0 Å². The molecule has 1 amide bonds. The highest BCUT2D eigenvalue weighted by Gasteiger charge is 2.20. The maximum atomic E-state index is 12.6. The second-order valence-corrected chi connectivity index (χ2v) is 8.00. The summed E-state index contributed by atoms with van der Waals surface area (Å²) in [7, 11) is -3.71. The number of rotatable bonds is 6. The number of amides is 1. The highest BCUT2D eigenvalue weighted by Crippen LogP contribution is 2.23. The number of anilines is 1.